The van der Waals surface area contributed by atoms with Gasteiger partial charge in [-0.3, -0.25) is 0 Å². The highest BCUT2D eigenvalue weighted by atomic mass is 79.9. The first kappa shape index (κ1) is 9.27. The molecule has 3 nitrogen and oxygen atoms in total. The average molecular weight is 254 g/mol. The SMILES string of the molecule is [O-][n+]1cccc2ccc(OCBr)cc21. The van der Waals surface area contributed by atoms with E-state index >= 15 is 0 Å². The molecule has 0 aliphatic carbocycles. The van der Waals surface area contributed by atoms with E-state index in [1.54, 1.807) is 12.1 Å². The molecule has 14 heavy (non-hydrogen) atoms. The zero-order valence-corrected chi connectivity index (χ0v) is 8.90. The van der Waals surface area contributed by atoms with Crippen molar-refractivity contribution in [1.82, 2.24) is 0 Å². The van der Waals surface area contributed by atoms with Gasteiger partial charge < -0.3 is 9.94 Å². The van der Waals surface area contributed by atoms with Gasteiger partial charge in [-0.25, -0.2) is 0 Å². The molecule has 2 rings (SSSR count). The number of hydrogen-bond acceptors (Lipinski definition) is 2. The Labute approximate surface area is 89.6 Å². The Morgan fingerprint density at radius 1 is 1.36 bits per heavy atom. The van der Waals surface area contributed by atoms with Crippen molar-refractivity contribution in [2.24, 2.45) is 0 Å². The van der Waals surface area contributed by atoms with E-state index in [0.29, 0.717) is 16.8 Å². The molecule has 0 spiro atoms. The molecular weight excluding hydrogens is 246 g/mol. The van der Waals surface area contributed by atoms with Gasteiger partial charge in [-0.2, -0.15) is 4.73 Å². The van der Waals surface area contributed by atoms with Crippen LogP contribution in [-0.2, 0) is 0 Å². The van der Waals surface area contributed by atoms with Gasteiger partial charge in [0.15, 0.2) is 6.20 Å². The second-order valence-corrected chi connectivity index (χ2v) is 3.27. The number of ether oxygens (including phenoxy) is 1. The third-order valence-corrected chi connectivity index (χ3v) is 2.19. The van der Waals surface area contributed by atoms with Crippen molar-refractivity contribution in [2.45, 2.75) is 0 Å². The minimum Gasteiger partial charge on any atom is -0.618 e. The Hall–Kier alpha value is -1.29. The summed E-state index contributed by atoms with van der Waals surface area (Å²) >= 11 is 3.16. The molecule has 2 aromatic rings. The van der Waals surface area contributed by atoms with Gasteiger partial charge in [-0.05, 0) is 34.1 Å². The number of halogens is 1. The number of pyridine rings is 1. The van der Waals surface area contributed by atoms with Crippen molar-refractivity contribution < 1.29 is 9.47 Å². The second-order valence-electron chi connectivity index (χ2n) is 2.81. The first-order chi connectivity index (χ1) is 6.81. The van der Waals surface area contributed by atoms with E-state index in [1.165, 1.54) is 6.20 Å². The van der Waals surface area contributed by atoms with Gasteiger partial charge in [0.1, 0.15) is 11.3 Å². The molecule has 72 valence electrons. The largest absolute Gasteiger partial charge is 0.618 e. The average Bonchev–Trinajstić information content (AvgIpc) is 2.20. The molecule has 0 fully saturated rings. The van der Waals surface area contributed by atoms with Gasteiger partial charge in [0.25, 0.3) is 0 Å². The van der Waals surface area contributed by atoms with E-state index in [1.807, 2.05) is 18.2 Å². The topological polar surface area (TPSA) is 36.2 Å². The van der Waals surface area contributed by atoms with Crippen LogP contribution in [0.1, 0.15) is 0 Å². The highest BCUT2D eigenvalue weighted by Gasteiger charge is 2.03. The molecule has 0 unspecified atom stereocenters. The quantitative estimate of drug-likeness (QED) is 0.468. The number of nitrogens with zero attached hydrogens (tertiary/aromatic N) is 1. The molecular formula is C10H8BrNO2. The van der Waals surface area contributed by atoms with E-state index < -0.39 is 0 Å². The summed E-state index contributed by atoms with van der Waals surface area (Å²) in [5, 5.41) is 12.3. The fraction of sp³-hybridized carbons (Fsp3) is 0.100. The minimum absolute atomic E-state index is 0.421. The van der Waals surface area contributed by atoms with Gasteiger partial charge in [-0.1, -0.05) is 0 Å². The Morgan fingerprint density at radius 2 is 2.21 bits per heavy atom. The van der Waals surface area contributed by atoms with Crippen LogP contribution in [0.3, 0.4) is 0 Å². The summed E-state index contributed by atoms with van der Waals surface area (Å²) in [6.45, 7) is 0. The van der Waals surface area contributed by atoms with Crippen LogP contribution in [0.4, 0.5) is 0 Å². The molecule has 1 aromatic carbocycles. The lowest BCUT2D eigenvalue weighted by molar-refractivity contribution is -0.577. The molecule has 0 aliphatic rings. The second kappa shape index (κ2) is 3.84. The van der Waals surface area contributed by atoms with Crippen molar-refractivity contribution in [3.63, 3.8) is 0 Å². The van der Waals surface area contributed by atoms with Gasteiger partial charge in [0.2, 0.25) is 5.52 Å². The minimum atomic E-state index is 0.421. The molecule has 0 aliphatic heterocycles. The fourth-order valence-electron chi connectivity index (χ4n) is 1.31. The Morgan fingerprint density at radius 3 is 3.00 bits per heavy atom. The molecule has 1 heterocycles. The van der Waals surface area contributed by atoms with Gasteiger partial charge in [0, 0.05) is 11.5 Å². The summed E-state index contributed by atoms with van der Waals surface area (Å²) in [7, 11) is 0. The summed E-state index contributed by atoms with van der Waals surface area (Å²) in [5.41, 5.74) is 1.04. The molecule has 0 amide bonds. The Balaban J connectivity index is 2.58. The molecule has 0 saturated heterocycles. The standard InChI is InChI=1S/C10H8BrNO2/c11-7-14-9-4-3-8-2-1-5-12(13)10(8)6-9/h1-6H,7H2. The normalized spacial score (nSPS) is 10.4. The maximum Gasteiger partial charge on any atom is 0.227 e. The smallest absolute Gasteiger partial charge is 0.227 e. The number of benzene rings is 1. The molecule has 0 saturated carbocycles. The molecule has 1 aromatic heterocycles. The van der Waals surface area contributed by atoms with E-state index in [2.05, 4.69) is 15.9 Å². The summed E-state index contributed by atoms with van der Waals surface area (Å²) in [5.74, 6) is 0.685. The molecule has 0 bridgehead atoms. The van der Waals surface area contributed by atoms with Crippen LogP contribution in [0.25, 0.3) is 10.9 Å². The van der Waals surface area contributed by atoms with Crippen LogP contribution in [0.2, 0.25) is 0 Å². The first-order valence-electron chi connectivity index (χ1n) is 4.12. The van der Waals surface area contributed by atoms with E-state index in [4.69, 9.17) is 4.74 Å². The van der Waals surface area contributed by atoms with Crippen LogP contribution in [0.5, 0.6) is 5.75 Å². The lowest BCUT2D eigenvalue weighted by Crippen LogP contribution is -2.25. The summed E-state index contributed by atoms with van der Waals surface area (Å²) in [4.78, 5) is 0. The molecule has 0 radical (unpaired) electrons. The van der Waals surface area contributed by atoms with Crippen molar-refractivity contribution in [3.05, 3.63) is 41.7 Å². The third kappa shape index (κ3) is 1.65. The van der Waals surface area contributed by atoms with Crippen molar-refractivity contribution in [1.29, 1.82) is 0 Å². The zero-order valence-electron chi connectivity index (χ0n) is 7.31. The predicted molar refractivity (Wildman–Crippen MR) is 57.3 cm³/mol. The Bertz CT molecular complexity index is 459. The number of alkyl halides is 1. The Kier molecular flexibility index (Phi) is 2.54. The maximum absolute atomic E-state index is 11.4. The highest BCUT2D eigenvalue weighted by Crippen LogP contribution is 2.17. The number of rotatable bonds is 2. The summed E-state index contributed by atoms with van der Waals surface area (Å²) in [6, 6.07) is 9.04. The number of fused-ring (bicyclic) bond motifs is 1. The van der Waals surface area contributed by atoms with Gasteiger partial charge in [0.05, 0.1) is 6.07 Å². The van der Waals surface area contributed by atoms with Crippen LogP contribution < -0.4 is 9.47 Å². The van der Waals surface area contributed by atoms with E-state index in [-0.39, 0.29) is 0 Å². The van der Waals surface area contributed by atoms with E-state index in [0.717, 1.165) is 10.1 Å². The fourth-order valence-corrected chi connectivity index (χ4v) is 1.58. The van der Waals surface area contributed by atoms with E-state index in [9.17, 15) is 5.21 Å². The van der Waals surface area contributed by atoms with Crippen molar-refractivity contribution >= 4 is 26.8 Å². The molecule has 0 atom stereocenters. The van der Waals surface area contributed by atoms with Crippen LogP contribution in [0, 0.1) is 5.21 Å². The third-order valence-electron chi connectivity index (χ3n) is 1.96. The van der Waals surface area contributed by atoms with Crippen LogP contribution in [0.15, 0.2) is 36.5 Å². The van der Waals surface area contributed by atoms with Crippen LogP contribution >= 0.6 is 15.9 Å². The predicted octanol–water partition coefficient (Wildman–Crippen LogP) is 2.20. The summed E-state index contributed by atoms with van der Waals surface area (Å²) < 4.78 is 6.06. The zero-order chi connectivity index (χ0) is 9.97. The van der Waals surface area contributed by atoms with Gasteiger partial charge in [-0.15, -0.1) is 0 Å². The lowest BCUT2D eigenvalue weighted by atomic mass is 10.2. The monoisotopic (exact) mass is 253 g/mol. The molecule has 0 N–H and O–H groups in total. The lowest BCUT2D eigenvalue weighted by Gasteiger charge is -2.04. The molecule has 4 heteroatoms. The number of hydrogen-bond donors (Lipinski definition) is 0. The van der Waals surface area contributed by atoms with Gasteiger partial charge >= 0.3 is 0 Å². The first-order valence-corrected chi connectivity index (χ1v) is 5.24. The van der Waals surface area contributed by atoms with Crippen LogP contribution in [-0.4, -0.2) is 5.52 Å². The highest BCUT2D eigenvalue weighted by molar-refractivity contribution is 9.09. The number of aromatic nitrogens is 1. The van der Waals surface area contributed by atoms with Crippen molar-refractivity contribution in [3.8, 4) is 5.75 Å². The van der Waals surface area contributed by atoms with Crippen molar-refractivity contribution in [2.75, 3.05) is 5.52 Å². The maximum atomic E-state index is 11.4. The summed E-state index contributed by atoms with van der Waals surface area (Å²) in [6.07, 6.45) is 1.47.